The monoisotopic (exact) mass is 503 g/mol. The minimum Gasteiger partial charge on any atom is -0.497 e. The molecular weight excluding hydrogens is 470 g/mol. The first-order valence-corrected chi connectivity index (χ1v) is 12.8. The number of carbonyl (C=O) groups is 3. The first kappa shape index (κ1) is 26.5. The Kier molecular flexibility index (Phi) is 9.96. The molecule has 35 heavy (non-hydrogen) atoms. The highest BCUT2D eigenvalue weighted by atomic mass is 32.1. The minimum atomic E-state index is -0.573. The van der Waals surface area contributed by atoms with Gasteiger partial charge in [0, 0.05) is 6.42 Å². The molecule has 0 unspecified atom stereocenters. The van der Waals surface area contributed by atoms with Crippen LogP contribution in [0.15, 0.2) is 24.3 Å². The topological polar surface area (TPSA) is 100 Å². The predicted octanol–water partition coefficient (Wildman–Crippen LogP) is 5.53. The molecule has 0 aliphatic heterocycles. The highest BCUT2D eigenvalue weighted by molar-refractivity contribution is 7.18. The van der Waals surface area contributed by atoms with E-state index in [4.69, 9.17) is 18.9 Å². The number of anilines is 1. The van der Waals surface area contributed by atoms with Crippen LogP contribution in [0.3, 0.4) is 0 Å². The van der Waals surface area contributed by atoms with Crippen molar-refractivity contribution in [2.24, 2.45) is 0 Å². The molecule has 1 aromatic carbocycles. The van der Waals surface area contributed by atoms with E-state index in [0.717, 1.165) is 49.2 Å². The van der Waals surface area contributed by atoms with Gasteiger partial charge in [0.15, 0.2) is 0 Å². The lowest BCUT2D eigenvalue weighted by Gasteiger charge is -2.21. The minimum absolute atomic E-state index is 0.104. The average molecular weight is 504 g/mol. The van der Waals surface area contributed by atoms with Crippen molar-refractivity contribution in [2.75, 3.05) is 25.6 Å². The lowest BCUT2D eigenvalue weighted by atomic mass is 9.98. The molecule has 190 valence electrons. The predicted molar refractivity (Wildman–Crippen MR) is 134 cm³/mol. The van der Waals surface area contributed by atoms with Crippen molar-refractivity contribution in [3.8, 4) is 11.5 Å². The smallest absolute Gasteiger partial charge is 0.348 e. The Morgan fingerprint density at radius 2 is 1.71 bits per heavy atom. The van der Waals surface area contributed by atoms with Crippen LogP contribution >= 0.6 is 11.3 Å². The highest BCUT2D eigenvalue weighted by Gasteiger charge is 2.29. The van der Waals surface area contributed by atoms with Crippen LogP contribution in [0.2, 0.25) is 0 Å². The van der Waals surface area contributed by atoms with Gasteiger partial charge in [0.25, 0.3) is 0 Å². The molecule has 0 radical (unpaired) electrons. The van der Waals surface area contributed by atoms with Crippen LogP contribution in [0.1, 0.15) is 77.5 Å². The maximum atomic E-state index is 12.9. The Morgan fingerprint density at radius 1 is 1.03 bits per heavy atom. The second kappa shape index (κ2) is 13.1. The van der Waals surface area contributed by atoms with E-state index in [1.807, 2.05) is 0 Å². The number of thiophene rings is 1. The van der Waals surface area contributed by atoms with Gasteiger partial charge < -0.3 is 24.3 Å². The maximum Gasteiger partial charge on any atom is 0.348 e. The van der Waals surface area contributed by atoms with Gasteiger partial charge in [0.2, 0.25) is 5.91 Å². The van der Waals surface area contributed by atoms with Gasteiger partial charge in [0.1, 0.15) is 27.5 Å². The van der Waals surface area contributed by atoms with Crippen molar-refractivity contribution in [3.63, 3.8) is 0 Å². The van der Waals surface area contributed by atoms with Crippen LogP contribution in [0.5, 0.6) is 11.5 Å². The number of amides is 1. The summed E-state index contributed by atoms with van der Waals surface area (Å²) in [5.74, 6) is 0.116. The fourth-order valence-electron chi connectivity index (χ4n) is 3.92. The molecular formula is C26H33NO7S. The first-order chi connectivity index (χ1) is 16.9. The standard InChI is InChI=1S/C26H33NO7S/c1-4-32-25(29)22-17(2)23(26(30)34-20-9-6-5-7-10-20)35-24(22)27-21(28)11-8-16-33-19-14-12-18(31-3)13-15-19/h12-15,20H,4-11,16H2,1-3H3,(H,27,28). The molecule has 1 fully saturated rings. The molecule has 0 atom stereocenters. The van der Waals surface area contributed by atoms with E-state index in [1.165, 1.54) is 0 Å². The maximum absolute atomic E-state index is 12.9. The summed E-state index contributed by atoms with van der Waals surface area (Å²) in [6.07, 6.45) is 5.50. The van der Waals surface area contributed by atoms with Gasteiger partial charge >= 0.3 is 11.9 Å². The first-order valence-electron chi connectivity index (χ1n) is 12.0. The van der Waals surface area contributed by atoms with E-state index >= 15 is 0 Å². The third kappa shape index (κ3) is 7.45. The molecule has 1 aliphatic rings. The van der Waals surface area contributed by atoms with Gasteiger partial charge in [-0.1, -0.05) is 6.42 Å². The van der Waals surface area contributed by atoms with E-state index in [9.17, 15) is 14.4 Å². The Morgan fingerprint density at radius 3 is 2.37 bits per heavy atom. The quantitative estimate of drug-likeness (QED) is 0.318. The number of benzene rings is 1. The number of carbonyl (C=O) groups excluding carboxylic acids is 3. The fourth-order valence-corrected chi connectivity index (χ4v) is 5.01. The molecule has 1 N–H and O–H groups in total. The molecule has 1 amide bonds. The van der Waals surface area contributed by atoms with E-state index in [-0.39, 0.29) is 30.6 Å². The molecule has 1 saturated carbocycles. The summed E-state index contributed by atoms with van der Waals surface area (Å²) in [5, 5.41) is 3.09. The number of hydrogen-bond acceptors (Lipinski definition) is 8. The number of hydrogen-bond donors (Lipinski definition) is 1. The van der Waals surface area contributed by atoms with Gasteiger partial charge in [0.05, 0.1) is 25.9 Å². The second-order valence-electron chi connectivity index (χ2n) is 8.32. The number of rotatable bonds is 11. The summed E-state index contributed by atoms with van der Waals surface area (Å²) in [4.78, 5) is 38.4. The summed E-state index contributed by atoms with van der Waals surface area (Å²) >= 11 is 1.05. The molecule has 2 aromatic rings. The molecule has 8 nitrogen and oxygen atoms in total. The Labute approximate surface area is 209 Å². The molecule has 0 saturated heterocycles. The van der Waals surface area contributed by atoms with Crippen LogP contribution in [0, 0.1) is 6.92 Å². The van der Waals surface area contributed by atoms with E-state index < -0.39 is 11.9 Å². The number of ether oxygens (including phenoxy) is 4. The summed E-state index contributed by atoms with van der Waals surface area (Å²) in [6, 6.07) is 7.20. The third-order valence-corrected chi connectivity index (χ3v) is 6.95. The van der Waals surface area contributed by atoms with E-state index in [0.29, 0.717) is 34.2 Å². The molecule has 9 heteroatoms. The van der Waals surface area contributed by atoms with Gasteiger partial charge in [-0.3, -0.25) is 4.79 Å². The van der Waals surface area contributed by atoms with Crippen molar-refractivity contribution in [3.05, 3.63) is 40.3 Å². The summed E-state index contributed by atoms with van der Waals surface area (Å²) in [7, 11) is 1.60. The van der Waals surface area contributed by atoms with Crippen molar-refractivity contribution in [2.45, 2.75) is 64.9 Å². The van der Waals surface area contributed by atoms with Gasteiger partial charge in [-0.2, -0.15) is 0 Å². The zero-order valence-corrected chi connectivity index (χ0v) is 21.3. The van der Waals surface area contributed by atoms with E-state index in [2.05, 4.69) is 5.32 Å². The van der Waals surface area contributed by atoms with E-state index in [1.54, 1.807) is 45.2 Å². The molecule has 0 spiro atoms. The number of esters is 2. The Balaban J connectivity index is 1.61. The molecule has 1 aromatic heterocycles. The molecule has 1 heterocycles. The summed E-state index contributed by atoms with van der Waals surface area (Å²) in [6.45, 7) is 3.93. The lowest BCUT2D eigenvalue weighted by molar-refractivity contribution is -0.116. The zero-order chi connectivity index (χ0) is 25.2. The van der Waals surface area contributed by atoms with Crippen molar-refractivity contribution in [1.29, 1.82) is 0 Å². The zero-order valence-electron chi connectivity index (χ0n) is 20.5. The normalized spacial score (nSPS) is 13.7. The van der Waals surface area contributed by atoms with Crippen LogP contribution in [0.4, 0.5) is 5.00 Å². The van der Waals surface area contributed by atoms with Gasteiger partial charge in [-0.15, -0.1) is 11.3 Å². The van der Waals surface area contributed by atoms with Crippen LogP contribution in [-0.4, -0.2) is 44.3 Å². The Hall–Kier alpha value is -3.07. The molecule has 0 bridgehead atoms. The van der Waals surface area contributed by atoms with Gasteiger partial charge in [-0.25, -0.2) is 9.59 Å². The van der Waals surface area contributed by atoms with Crippen molar-refractivity contribution >= 4 is 34.2 Å². The SMILES string of the molecule is CCOC(=O)c1c(NC(=O)CCCOc2ccc(OC)cc2)sc(C(=O)OC2CCCCC2)c1C. The molecule has 3 rings (SSSR count). The Bertz CT molecular complexity index is 1010. The highest BCUT2D eigenvalue weighted by Crippen LogP contribution is 2.35. The lowest BCUT2D eigenvalue weighted by Crippen LogP contribution is -2.21. The van der Waals surface area contributed by atoms with Gasteiger partial charge in [-0.05, 0) is 75.8 Å². The number of nitrogens with one attached hydrogen (secondary N) is 1. The fraction of sp³-hybridized carbons (Fsp3) is 0.500. The number of methoxy groups -OCH3 is 1. The van der Waals surface area contributed by atoms with Crippen LogP contribution in [0.25, 0.3) is 0 Å². The summed E-state index contributed by atoms with van der Waals surface area (Å²) in [5.41, 5.74) is 0.669. The van der Waals surface area contributed by atoms with Crippen molar-refractivity contribution < 1.29 is 33.3 Å². The van der Waals surface area contributed by atoms with Crippen LogP contribution in [-0.2, 0) is 14.3 Å². The third-order valence-electron chi connectivity index (χ3n) is 5.77. The molecule has 1 aliphatic carbocycles. The largest absolute Gasteiger partial charge is 0.497 e. The summed E-state index contributed by atoms with van der Waals surface area (Å²) < 4.78 is 21.6. The average Bonchev–Trinajstić information content (AvgIpc) is 3.18. The van der Waals surface area contributed by atoms with Crippen LogP contribution < -0.4 is 14.8 Å². The second-order valence-corrected chi connectivity index (χ2v) is 9.34. The van der Waals surface area contributed by atoms with Crippen molar-refractivity contribution in [1.82, 2.24) is 0 Å².